The van der Waals surface area contributed by atoms with Crippen LogP contribution in [0, 0.1) is 0 Å². The van der Waals surface area contributed by atoms with Crippen LogP contribution >= 0.6 is 11.8 Å². The molecule has 4 heteroatoms. The monoisotopic (exact) mass is 242 g/mol. The Labute approximate surface area is 102 Å². The number of likely N-dealkylation sites (tertiary alicyclic amines) is 1. The van der Waals surface area contributed by atoms with E-state index in [0.717, 1.165) is 13.1 Å². The second-order valence-corrected chi connectivity index (χ2v) is 5.93. The van der Waals surface area contributed by atoms with Crippen LogP contribution in [0.5, 0.6) is 0 Å². The minimum Gasteiger partial charge on any atom is -0.342 e. The van der Waals surface area contributed by atoms with E-state index in [4.69, 9.17) is 0 Å². The van der Waals surface area contributed by atoms with Gasteiger partial charge in [-0.05, 0) is 43.6 Å². The summed E-state index contributed by atoms with van der Waals surface area (Å²) >= 11 is 2.03. The zero-order chi connectivity index (χ0) is 11.2. The maximum absolute atomic E-state index is 11.9. The summed E-state index contributed by atoms with van der Waals surface area (Å²) in [6.07, 6.45) is 6.10. The Hall–Kier alpha value is -0.220. The molecule has 1 amide bonds. The van der Waals surface area contributed by atoms with Gasteiger partial charge in [0.05, 0.1) is 6.54 Å². The molecule has 0 aliphatic carbocycles. The Bertz CT molecular complexity index is 223. The molecule has 0 aromatic rings. The molecule has 0 bridgehead atoms. The Morgan fingerprint density at radius 3 is 2.56 bits per heavy atom. The van der Waals surface area contributed by atoms with E-state index >= 15 is 0 Å². The zero-order valence-electron chi connectivity index (χ0n) is 9.91. The molecule has 2 saturated heterocycles. The molecular formula is C12H22N2OS. The largest absolute Gasteiger partial charge is 0.342 e. The van der Waals surface area contributed by atoms with Crippen molar-refractivity contribution < 1.29 is 4.79 Å². The highest BCUT2D eigenvalue weighted by molar-refractivity contribution is 7.99. The molecular weight excluding hydrogens is 220 g/mol. The van der Waals surface area contributed by atoms with Crippen molar-refractivity contribution in [3.05, 3.63) is 0 Å². The average Bonchev–Trinajstić information content (AvgIpc) is 2.38. The lowest BCUT2D eigenvalue weighted by molar-refractivity contribution is -0.131. The standard InChI is InChI=1S/C12H22N2OS/c15-12(14-6-2-1-3-7-14)10-13-11-4-8-16-9-5-11/h11,13H,1-10H2. The van der Waals surface area contributed by atoms with Gasteiger partial charge in [-0.2, -0.15) is 11.8 Å². The number of carbonyl (C=O) groups is 1. The Morgan fingerprint density at radius 2 is 1.88 bits per heavy atom. The molecule has 92 valence electrons. The lowest BCUT2D eigenvalue weighted by Crippen LogP contribution is -2.44. The number of carbonyl (C=O) groups excluding carboxylic acids is 1. The van der Waals surface area contributed by atoms with Gasteiger partial charge in [-0.15, -0.1) is 0 Å². The second kappa shape index (κ2) is 6.50. The summed E-state index contributed by atoms with van der Waals surface area (Å²) in [5.74, 6) is 2.79. The number of rotatable bonds is 3. The maximum Gasteiger partial charge on any atom is 0.236 e. The van der Waals surface area contributed by atoms with Gasteiger partial charge in [0.1, 0.15) is 0 Å². The summed E-state index contributed by atoms with van der Waals surface area (Å²) in [5, 5.41) is 3.41. The van der Waals surface area contributed by atoms with Crippen LogP contribution in [0.2, 0.25) is 0 Å². The van der Waals surface area contributed by atoms with Crippen molar-refractivity contribution in [1.82, 2.24) is 10.2 Å². The number of nitrogens with zero attached hydrogens (tertiary/aromatic N) is 1. The summed E-state index contributed by atoms with van der Waals surface area (Å²) in [5.41, 5.74) is 0. The van der Waals surface area contributed by atoms with Gasteiger partial charge in [-0.3, -0.25) is 4.79 Å². The average molecular weight is 242 g/mol. The first-order valence-electron chi connectivity index (χ1n) is 6.45. The number of hydrogen-bond donors (Lipinski definition) is 1. The third-order valence-electron chi connectivity index (χ3n) is 3.47. The topological polar surface area (TPSA) is 32.3 Å². The molecule has 1 N–H and O–H groups in total. The van der Waals surface area contributed by atoms with E-state index in [1.165, 1.54) is 43.6 Å². The third kappa shape index (κ3) is 3.67. The Morgan fingerprint density at radius 1 is 1.19 bits per heavy atom. The van der Waals surface area contributed by atoms with Crippen LogP contribution in [-0.4, -0.2) is 48.0 Å². The van der Waals surface area contributed by atoms with E-state index in [-0.39, 0.29) is 0 Å². The molecule has 0 radical (unpaired) electrons. The van der Waals surface area contributed by atoms with E-state index in [1.54, 1.807) is 0 Å². The molecule has 0 atom stereocenters. The lowest BCUT2D eigenvalue weighted by Gasteiger charge is -2.28. The number of piperidine rings is 1. The number of nitrogens with one attached hydrogen (secondary N) is 1. The molecule has 3 nitrogen and oxygen atoms in total. The van der Waals surface area contributed by atoms with Gasteiger partial charge in [0, 0.05) is 19.1 Å². The van der Waals surface area contributed by atoms with Crippen molar-refractivity contribution in [2.45, 2.75) is 38.1 Å². The fraction of sp³-hybridized carbons (Fsp3) is 0.917. The predicted molar refractivity (Wildman–Crippen MR) is 68.8 cm³/mol. The molecule has 0 aromatic heterocycles. The predicted octanol–water partition coefficient (Wildman–Crippen LogP) is 1.48. The van der Waals surface area contributed by atoms with E-state index in [2.05, 4.69) is 5.32 Å². The van der Waals surface area contributed by atoms with E-state index < -0.39 is 0 Å². The van der Waals surface area contributed by atoms with Crippen molar-refractivity contribution in [3.63, 3.8) is 0 Å². The minimum atomic E-state index is 0.304. The summed E-state index contributed by atoms with van der Waals surface area (Å²) in [4.78, 5) is 13.9. The van der Waals surface area contributed by atoms with Gasteiger partial charge < -0.3 is 10.2 Å². The first-order valence-corrected chi connectivity index (χ1v) is 7.60. The third-order valence-corrected chi connectivity index (χ3v) is 4.52. The summed E-state index contributed by atoms with van der Waals surface area (Å²) in [6, 6.07) is 0.579. The van der Waals surface area contributed by atoms with Crippen molar-refractivity contribution in [2.75, 3.05) is 31.1 Å². The highest BCUT2D eigenvalue weighted by Gasteiger charge is 2.18. The van der Waals surface area contributed by atoms with Gasteiger partial charge in [-0.1, -0.05) is 0 Å². The zero-order valence-corrected chi connectivity index (χ0v) is 10.7. The molecule has 16 heavy (non-hydrogen) atoms. The maximum atomic E-state index is 11.9. The summed E-state index contributed by atoms with van der Waals surface area (Å²) < 4.78 is 0. The fourth-order valence-corrected chi connectivity index (χ4v) is 3.49. The highest BCUT2D eigenvalue weighted by Crippen LogP contribution is 2.16. The fourth-order valence-electron chi connectivity index (χ4n) is 2.39. The molecule has 2 fully saturated rings. The van der Waals surface area contributed by atoms with E-state index in [1.807, 2.05) is 16.7 Å². The molecule has 2 aliphatic rings. The van der Waals surface area contributed by atoms with E-state index in [9.17, 15) is 4.79 Å². The quantitative estimate of drug-likeness (QED) is 0.814. The SMILES string of the molecule is O=C(CNC1CCSCC1)N1CCCCC1. The molecule has 0 saturated carbocycles. The molecule has 0 aromatic carbocycles. The van der Waals surface area contributed by atoms with Gasteiger partial charge in [0.25, 0.3) is 0 Å². The van der Waals surface area contributed by atoms with Crippen LogP contribution < -0.4 is 5.32 Å². The van der Waals surface area contributed by atoms with Crippen molar-refractivity contribution in [2.24, 2.45) is 0 Å². The van der Waals surface area contributed by atoms with Crippen LogP contribution in [0.15, 0.2) is 0 Å². The van der Waals surface area contributed by atoms with Crippen LogP contribution in [0.1, 0.15) is 32.1 Å². The Balaban J connectivity index is 1.65. The minimum absolute atomic E-state index is 0.304. The number of hydrogen-bond acceptors (Lipinski definition) is 3. The molecule has 2 rings (SSSR count). The van der Waals surface area contributed by atoms with Gasteiger partial charge >= 0.3 is 0 Å². The molecule has 2 aliphatic heterocycles. The van der Waals surface area contributed by atoms with Crippen molar-refractivity contribution >= 4 is 17.7 Å². The lowest BCUT2D eigenvalue weighted by atomic mass is 10.1. The highest BCUT2D eigenvalue weighted by atomic mass is 32.2. The van der Waals surface area contributed by atoms with Gasteiger partial charge in [-0.25, -0.2) is 0 Å². The van der Waals surface area contributed by atoms with Crippen LogP contribution in [-0.2, 0) is 4.79 Å². The number of thioether (sulfide) groups is 1. The van der Waals surface area contributed by atoms with Crippen molar-refractivity contribution in [1.29, 1.82) is 0 Å². The molecule has 0 spiro atoms. The van der Waals surface area contributed by atoms with Crippen molar-refractivity contribution in [3.8, 4) is 0 Å². The normalized spacial score (nSPS) is 23.4. The summed E-state index contributed by atoms with van der Waals surface area (Å²) in [6.45, 7) is 2.50. The Kier molecular flexibility index (Phi) is 4.97. The molecule has 0 unspecified atom stereocenters. The smallest absolute Gasteiger partial charge is 0.236 e. The number of amides is 1. The first kappa shape index (κ1) is 12.2. The van der Waals surface area contributed by atoms with Crippen LogP contribution in [0.25, 0.3) is 0 Å². The van der Waals surface area contributed by atoms with E-state index in [0.29, 0.717) is 18.5 Å². The van der Waals surface area contributed by atoms with Crippen LogP contribution in [0.4, 0.5) is 0 Å². The first-order chi connectivity index (χ1) is 7.86. The van der Waals surface area contributed by atoms with Crippen LogP contribution in [0.3, 0.4) is 0 Å². The second-order valence-electron chi connectivity index (χ2n) is 4.71. The van der Waals surface area contributed by atoms with Gasteiger partial charge in [0.15, 0.2) is 0 Å². The summed E-state index contributed by atoms with van der Waals surface area (Å²) in [7, 11) is 0. The van der Waals surface area contributed by atoms with Gasteiger partial charge in [0.2, 0.25) is 5.91 Å². The molecule has 2 heterocycles.